The largest absolute Gasteiger partial charge is 0.488 e. The fraction of sp³-hybridized carbons (Fsp3) is 0.185. The van der Waals surface area contributed by atoms with Gasteiger partial charge in [-0.3, -0.25) is 4.79 Å². The maximum Gasteiger partial charge on any atom is 0.316 e. The van der Waals surface area contributed by atoms with Crippen molar-refractivity contribution in [3.8, 4) is 17.0 Å². The minimum atomic E-state index is -1.05. The fourth-order valence-electron chi connectivity index (χ4n) is 4.26. The summed E-state index contributed by atoms with van der Waals surface area (Å²) in [5.41, 5.74) is 5.29. The number of carbonyl (C=O) groups is 1. The number of pyridine rings is 1. The molecular formula is C27H23NO4S. The zero-order valence-corrected chi connectivity index (χ0v) is 19.1. The van der Waals surface area contributed by atoms with E-state index in [-0.39, 0.29) is 0 Å². The number of aliphatic carboxylic acids is 1. The zero-order chi connectivity index (χ0) is 23.0. The molecule has 0 saturated heterocycles. The number of rotatable bonds is 5. The molecule has 0 saturated carbocycles. The van der Waals surface area contributed by atoms with E-state index in [0.717, 1.165) is 38.9 Å². The summed E-state index contributed by atoms with van der Waals surface area (Å²) in [5.74, 6) is -0.226. The number of thioether (sulfide) groups is 1. The number of carboxylic acid groups (broad SMARTS) is 1. The number of carboxylic acids is 1. The molecule has 0 radical (unpaired) electrons. The molecule has 2 atom stereocenters. The lowest BCUT2D eigenvalue weighted by molar-refractivity contribution is -0.136. The van der Waals surface area contributed by atoms with Crippen molar-refractivity contribution in [2.24, 2.45) is 0 Å². The van der Waals surface area contributed by atoms with Crippen molar-refractivity contribution >= 4 is 28.6 Å². The predicted octanol–water partition coefficient (Wildman–Crippen LogP) is 5.85. The van der Waals surface area contributed by atoms with Gasteiger partial charge in [-0.1, -0.05) is 48.5 Å². The van der Waals surface area contributed by atoms with E-state index >= 15 is 0 Å². The van der Waals surface area contributed by atoms with Crippen molar-refractivity contribution in [2.75, 3.05) is 7.11 Å². The van der Waals surface area contributed by atoms with Crippen LogP contribution in [0.5, 0.6) is 5.75 Å². The summed E-state index contributed by atoms with van der Waals surface area (Å²) in [5, 5.41) is 10.1. The number of benzene rings is 3. The predicted molar refractivity (Wildman–Crippen MR) is 130 cm³/mol. The molecule has 0 aliphatic carbocycles. The second-order valence-corrected chi connectivity index (χ2v) is 9.48. The Morgan fingerprint density at radius 2 is 1.85 bits per heavy atom. The van der Waals surface area contributed by atoms with Gasteiger partial charge < -0.3 is 14.6 Å². The lowest BCUT2D eigenvalue weighted by Gasteiger charge is -2.35. The van der Waals surface area contributed by atoms with Gasteiger partial charge in [-0.05, 0) is 42.8 Å². The van der Waals surface area contributed by atoms with Crippen molar-refractivity contribution in [1.29, 1.82) is 0 Å². The molecule has 3 aromatic carbocycles. The average Bonchev–Trinajstić information content (AvgIpc) is 2.98. The van der Waals surface area contributed by atoms with Crippen LogP contribution in [0, 0.1) is 0 Å². The molecule has 1 aliphatic heterocycles. The molecule has 5 rings (SSSR count). The van der Waals surface area contributed by atoms with E-state index in [2.05, 4.69) is 6.07 Å². The molecule has 0 spiro atoms. The van der Waals surface area contributed by atoms with Crippen LogP contribution in [0.25, 0.3) is 22.2 Å². The monoisotopic (exact) mass is 457 g/mol. The Morgan fingerprint density at radius 3 is 2.67 bits per heavy atom. The molecule has 2 unspecified atom stereocenters. The number of nitrogens with zero attached hydrogens (tertiary/aromatic N) is 1. The summed E-state index contributed by atoms with van der Waals surface area (Å²) >= 11 is 1.26. The minimum absolute atomic E-state index is 0.379. The highest BCUT2D eigenvalue weighted by Crippen LogP contribution is 2.52. The molecule has 0 amide bonds. The molecule has 1 aromatic heterocycles. The molecule has 0 fully saturated rings. The van der Waals surface area contributed by atoms with E-state index in [1.54, 1.807) is 14.0 Å². The Morgan fingerprint density at radius 1 is 1.06 bits per heavy atom. The highest BCUT2D eigenvalue weighted by atomic mass is 32.2. The molecule has 2 heterocycles. The van der Waals surface area contributed by atoms with Crippen molar-refractivity contribution in [1.82, 2.24) is 4.98 Å². The van der Waals surface area contributed by atoms with Gasteiger partial charge in [0.05, 0.1) is 11.2 Å². The van der Waals surface area contributed by atoms with Crippen LogP contribution in [-0.2, 0) is 21.1 Å². The molecule has 5 nitrogen and oxygen atoms in total. The van der Waals surface area contributed by atoms with Gasteiger partial charge in [0.2, 0.25) is 0 Å². The topological polar surface area (TPSA) is 68.7 Å². The Hall–Kier alpha value is -3.35. The molecule has 166 valence electrons. The smallest absolute Gasteiger partial charge is 0.316 e. The van der Waals surface area contributed by atoms with Crippen LogP contribution in [0.3, 0.4) is 0 Å². The third kappa shape index (κ3) is 3.75. The van der Waals surface area contributed by atoms with Gasteiger partial charge in [-0.25, -0.2) is 4.98 Å². The third-order valence-electron chi connectivity index (χ3n) is 5.96. The van der Waals surface area contributed by atoms with Crippen LogP contribution in [0.1, 0.15) is 23.6 Å². The third-order valence-corrected chi connectivity index (χ3v) is 7.46. The van der Waals surface area contributed by atoms with Crippen molar-refractivity contribution in [2.45, 2.75) is 23.7 Å². The number of hydrogen-bond acceptors (Lipinski definition) is 5. The average molecular weight is 458 g/mol. The number of ether oxygens (including phenoxy) is 2. The summed E-state index contributed by atoms with van der Waals surface area (Å²) in [7, 11) is 1.62. The Kier molecular flexibility index (Phi) is 5.56. The molecule has 1 aliphatic rings. The summed E-state index contributed by atoms with van der Waals surface area (Å²) < 4.78 is 12.4. The quantitative estimate of drug-likeness (QED) is 0.379. The first-order valence-electron chi connectivity index (χ1n) is 10.7. The second-order valence-electron chi connectivity index (χ2n) is 7.96. The van der Waals surface area contributed by atoms with Crippen LogP contribution in [0.2, 0.25) is 0 Å². The zero-order valence-electron chi connectivity index (χ0n) is 18.3. The fourth-order valence-corrected chi connectivity index (χ4v) is 5.57. The molecule has 33 heavy (non-hydrogen) atoms. The first-order chi connectivity index (χ1) is 16.0. The van der Waals surface area contributed by atoms with Crippen LogP contribution in [0.15, 0.2) is 78.9 Å². The highest BCUT2D eigenvalue weighted by Gasteiger charge is 2.44. The van der Waals surface area contributed by atoms with Crippen molar-refractivity contribution < 1.29 is 19.4 Å². The van der Waals surface area contributed by atoms with Gasteiger partial charge >= 0.3 is 5.97 Å². The number of aromatic nitrogens is 1. The minimum Gasteiger partial charge on any atom is -0.488 e. The first kappa shape index (κ1) is 21.5. The van der Waals surface area contributed by atoms with Gasteiger partial charge in [0, 0.05) is 29.2 Å². The lowest BCUT2D eigenvalue weighted by Crippen LogP contribution is -2.31. The summed E-state index contributed by atoms with van der Waals surface area (Å²) in [6, 6.07) is 25.8. The van der Waals surface area contributed by atoms with E-state index in [4.69, 9.17) is 14.5 Å². The highest BCUT2D eigenvalue weighted by molar-refractivity contribution is 8.01. The number of hydrogen-bond donors (Lipinski definition) is 1. The van der Waals surface area contributed by atoms with E-state index in [9.17, 15) is 9.90 Å². The van der Waals surface area contributed by atoms with Gasteiger partial charge in [0.1, 0.15) is 17.6 Å². The normalized spacial score (nSPS) is 18.0. The maximum absolute atomic E-state index is 11.8. The molecular weight excluding hydrogens is 434 g/mol. The molecule has 6 heteroatoms. The van der Waals surface area contributed by atoms with Crippen LogP contribution in [0.4, 0.5) is 0 Å². The van der Waals surface area contributed by atoms with Gasteiger partial charge in [0.15, 0.2) is 4.93 Å². The van der Waals surface area contributed by atoms with E-state index in [1.807, 2.05) is 72.8 Å². The Bertz CT molecular complexity index is 1360. The summed E-state index contributed by atoms with van der Waals surface area (Å²) in [6.45, 7) is 2.06. The van der Waals surface area contributed by atoms with Crippen molar-refractivity contribution in [3.05, 3.63) is 95.6 Å². The number of fused-ring (bicyclic) bond motifs is 3. The number of para-hydroxylation sites is 1. The lowest BCUT2D eigenvalue weighted by atomic mass is 9.94. The Labute approximate surface area is 196 Å². The summed E-state index contributed by atoms with van der Waals surface area (Å²) in [6.07, 6.45) is 0. The van der Waals surface area contributed by atoms with E-state index < -0.39 is 16.2 Å². The van der Waals surface area contributed by atoms with Crippen LogP contribution < -0.4 is 4.74 Å². The SMILES string of the molecule is COC1(SC(C)C(=O)O)c2ccccc2COc2ccc(-c3ccc4ccccc4n3)cc21. The first-order valence-corrected chi connectivity index (χ1v) is 11.6. The van der Waals surface area contributed by atoms with E-state index in [1.165, 1.54) is 11.8 Å². The van der Waals surface area contributed by atoms with Crippen LogP contribution >= 0.6 is 11.8 Å². The maximum atomic E-state index is 11.8. The van der Waals surface area contributed by atoms with Crippen LogP contribution in [-0.4, -0.2) is 28.4 Å². The number of methoxy groups -OCH3 is 1. The standard InChI is InChI=1S/C27H23NO4S/c1-17(26(29)30)33-27(31-2)21-9-5-3-8-20(21)16-32-25-14-12-19(15-22(25)27)24-13-11-18-7-4-6-10-23(18)28-24/h3-15,17H,16H2,1-2H3,(H,29,30). The molecule has 1 N–H and O–H groups in total. The van der Waals surface area contributed by atoms with Gasteiger partial charge in [0.25, 0.3) is 0 Å². The van der Waals surface area contributed by atoms with E-state index in [0.29, 0.717) is 12.4 Å². The van der Waals surface area contributed by atoms with Gasteiger partial charge in [-0.2, -0.15) is 0 Å². The second kappa shape index (κ2) is 8.54. The summed E-state index contributed by atoms with van der Waals surface area (Å²) in [4.78, 5) is 15.6. The molecule has 4 aromatic rings. The Balaban J connectivity index is 1.72. The van der Waals surface area contributed by atoms with Gasteiger partial charge in [-0.15, -0.1) is 11.8 Å². The van der Waals surface area contributed by atoms with Crippen molar-refractivity contribution in [3.63, 3.8) is 0 Å². The molecule has 0 bridgehead atoms.